The fraction of sp³-hybridized carbons (Fsp3) is 0.711. The maximum Gasteiger partial charge on any atom is 0.508 e. The molecule has 1 aromatic heterocycles. The number of carbonyl (C=O) groups excluding carboxylic acids is 4. The van der Waals surface area contributed by atoms with E-state index in [1.807, 2.05) is 78.2 Å². The number of alkyl carbamates (subject to hydrolysis) is 1. The number of rotatable bonds is 22. The van der Waals surface area contributed by atoms with Crippen LogP contribution in [0.2, 0.25) is 18.1 Å². The van der Waals surface area contributed by atoms with Crippen LogP contribution >= 0.6 is 46.1 Å². The van der Waals surface area contributed by atoms with Gasteiger partial charge < -0.3 is 28.7 Å². The number of hydrogen-bond donors (Lipinski definition) is 1. The Hall–Kier alpha value is -2.42. The van der Waals surface area contributed by atoms with E-state index in [4.69, 9.17) is 58.2 Å². The molecule has 11 nitrogen and oxygen atoms in total. The van der Waals surface area contributed by atoms with Crippen LogP contribution in [0.4, 0.5) is 9.59 Å². The van der Waals surface area contributed by atoms with E-state index < -0.39 is 77.6 Å². The number of amides is 1. The van der Waals surface area contributed by atoms with Crippen LogP contribution in [-0.2, 0) is 33.0 Å². The van der Waals surface area contributed by atoms with E-state index in [9.17, 15) is 19.2 Å². The van der Waals surface area contributed by atoms with Crippen molar-refractivity contribution in [3.63, 3.8) is 0 Å². The second-order valence-corrected chi connectivity index (χ2v) is 26.7. The van der Waals surface area contributed by atoms with Gasteiger partial charge in [-0.2, -0.15) is 0 Å². The summed E-state index contributed by atoms with van der Waals surface area (Å²) in [5, 5.41) is 5.91. The highest BCUT2D eigenvalue weighted by atomic mass is 35.6. The Balaban J connectivity index is 3.49. The first-order chi connectivity index (χ1) is 27.9. The Bertz CT molecular complexity index is 1680. The van der Waals surface area contributed by atoms with Crippen LogP contribution in [0.1, 0.15) is 134 Å². The lowest BCUT2D eigenvalue weighted by molar-refractivity contribution is -0.160. The van der Waals surface area contributed by atoms with Crippen molar-refractivity contribution in [2.45, 2.75) is 181 Å². The average Bonchev–Trinajstić information content (AvgIpc) is 3.54. The quantitative estimate of drug-likeness (QED) is 0.0393. The van der Waals surface area contributed by atoms with Crippen molar-refractivity contribution < 1.29 is 42.6 Å². The van der Waals surface area contributed by atoms with Crippen molar-refractivity contribution in [2.24, 2.45) is 17.3 Å². The Morgan fingerprint density at radius 2 is 1.48 bits per heavy atom. The molecule has 0 aliphatic heterocycles. The normalized spacial score (nSPS) is 16.0. The Labute approximate surface area is 386 Å². The minimum Gasteiger partial charge on any atom is -0.460 e. The molecule has 16 heteroatoms. The molecule has 0 fully saturated rings. The van der Waals surface area contributed by atoms with Gasteiger partial charge in [0.25, 0.3) is 0 Å². The Morgan fingerprint density at radius 1 is 0.902 bits per heavy atom. The highest BCUT2D eigenvalue weighted by Gasteiger charge is 2.48. The second-order valence-electron chi connectivity index (χ2n) is 18.4. The van der Waals surface area contributed by atoms with Crippen LogP contribution < -0.4 is 5.32 Å². The largest absolute Gasteiger partial charge is 0.508 e. The van der Waals surface area contributed by atoms with Crippen molar-refractivity contribution in [2.75, 3.05) is 6.61 Å². The number of halogens is 3. The van der Waals surface area contributed by atoms with Gasteiger partial charge in [0, 0.05) is 10.8 Å². The minimum absolute atomic E-state index is 0.119. The molecule has 1 aromatic rings. The number of nitrogens with zero attached hydrogens (tertiary/aromatic N) is 1. The minimum atomic E-state index is -2.33. The van der Waals surface area contributed by atoms with E-state index >= 15 is 0 Å². The van der Waals surface area contributed by atoms with Gasteiger partial charge in [0.05, 0.1) is 35.2 Å². The number of ketones is 1. The number of hydrogen-bond acceptors (Lipinski definition) is 11. The zero-order valence-corrected chi connectivity index (χ0v) is 43.5. The standard InChI is InChI=1S/C45H73Cl3N2O9SSi/c1-17-61(18-2,19-3)59-36(26-37(51)57-42(9,10)11)44(15,16)39(52)32(7)38(56-41(54)55-28-45(46,47)48)30(5)22-20-21-29(4)23-24-35(50-40(53)58-43(12,13)14)31(6)25-34-27-60-33(8)49-34/h20-21,23,25,27,30,32,35-36,38H,17-19,22,24,26,28H2,1-16H3,(H,50,53)/b21-20+,29-23-,31-25+/t30-,32+,35-,36-,38-/m0/s1. The van der Waals surface area contributed by atoms with Gasteiger partial charge in [0.1, 0.15) is 29.7 Å². The zero-order valence-electron chi connectivity index (χ0n) is 39.4. The first kappa shape index (κ1) is 56.6. The summed E-state index contributed by atoms with van der Waals surface area (Å²) in [6.07, 6.45) is 5.24. The summed E-state index contributed by atoms with van der Waals surface area (Å²) in [7, 11) is -2.33. The van der Waals surface area contributed by atoms with Gasteiger partial charge in [-0.25, -0.2) is 14.6 Å². The topological polar surface area (TPSA) is 139 Å². The molecule has 0 saturated carbocycles. The summed E-state index contributed by atoms with van der Waals surface area (Å²) in [6.45, 7) is 29.5. The van der Waals surface area contributed by atoms with Crippen LogP contribution in [0.5, 0.6) is 0 Å². The predicted molar refractivity (Wildman–Crippen MR) is 252 cm³/mol. The molecule has 0 spiro atoms. The van der Waals surface area contributed by atoms with Crippen molar-refractivity contribution in [3.8, 4) is 0 Å². The Kier molecular flexibility index (Phi) is 22.8. The van der Waals surface area contributed by atoms with Gasteiger partial charge in [-0.3, -0.25) is 9.59 Å². The van der Waals surface area contributed by atoms with E-state index in [-0.39, 0.29) is 18.2 Å². The van der Waals surface area contributed by atoms with Gasteiger partial charge in [0.15, 0.2) is 8.32 Å². The average molecular weight is 953 g/mol. The number of ether oxygens (including phenoxy) is 4. The number of nitrogens with one attached hydrogen (secondary N) is 1. The maximum absolute atomic E-state index is 14.7. The fourth-order valence-corrected chi connectivity index (χ4v) is 10.5. The predicted octanol–water partition coefficient (Wildman–Crippen LogP) is 12.9. The summed E-state index contributed by atoms with van der Waals surface area (Å²) in [6, 6.07) is 2.07. The third-order valence-corrected chi connectivity index (χ3v) is 16.2. The van der Waals surface area contributed by atoms with E-state index in [1.165, 1.54) is 0 Å². The molecule has 0 aliphatic rings. The number of carbonyl (C=O) groups is 4. The van der Waals surface area contributed by atoms with Crippen molar-refractivity contribution in [1.29, 1.82) is 0 Å². The van der Waals surface area contributed by atoms with Gasteiger partial charge >= 0.3 is 18.2 Å². The highest BCUT2D eigenvalue weighted by molar-refractivity contribution is 7.09. The van der Waals surface area contributed by atoms with E-state index in [0.29, 0.717) is 12.8 Å². The first-order valence-corrected chi connectivity index (χ1v) is 25.7. The Morgan fingerprint density at radius 3 is 1.97 bits per heavy atom. The molecule has 1 amide bonds. The summed E-state index contributed by atoms with van der Waals surface area (Å²) >= 11 is 19.1. The molecule has 0 aromatic carbocycles. The van der Waals surface area contributed by atoms with Crippen molar-refractivity contribution in [3.05, 3.63) is 45.5 Å². The van der Waals surface area contributed by atoms with Crippen LogP contribution in [0.25, 0.3) is 6.08 Å². The van der Waals surface area contributed by atoms with Crippen LogP contribution in [0.3, 0.4) is 0 Å². The highest BCUT2D eigenvalue weighted by Crippen LogP contribution is 2.38. The number of thiazole rings is 1. The molecule has 5 atom stereocenters. The summed E-state index contributed by atoms with van der Waals surface area (Å²) in [5.74, 6) is -1.97. The molecule has 1 heterocycles. The van der Waals surface area contributed by atoms with Gasteiger partial charge in [-0.1, -0.05) is 107 Å². The molecule has 0 radical (unpaired) electrons. The number of allylic oxidation sites excluding steroid dienone is 3. The molecular weight excluding hydrogens is 879 g/mol. The van der Waals surface area contributed by atoms with Gasteiger partial charge in [0.2, 0.25) is 3.79 Å². The molecule has 61 heavy (non-hydrogen) atoms. The molecule has 348 valence electrons. The van der Waals surface area contributed by atoms with Crippen molar-refractivity contribution in [1.82, 2.24) is 10.3 Å². The smallest absolute Gasteiger partial charge is 0.460 e. The summed E-state index contributed by atoms with van der Waals surface area (Å²) < 4.78 is 27.3. The third-order valence-electron chi connectivity index (χ3n) is 10.4. The van der Waals surface area contributed by atoms with E-state index in [0.717, 1.165) is 40.0 Å². The first-order valence-electron chi connectivity index (χ1n) is 21.1. The van der Waals surface area contributed by atoms with Crippen LogP contribution in [-0.4, -0.2) is 77.2 Å². The van der Waals surface area contributed by atoms with Crippen LogP contribution in [0.15, 0.2) is 34.8 Å². The van der Waals surface area contributed by atoms with Gasteiger partial charge in [-0.05, 0) is 111 Å². The molecule has 1 N–H and O–H groups in total. The maximum atomic E-state index is 14.7. The number of aromatic nitrogens is 1. The van der Waals surface area contributed by atoms with E-state index in [1.54, 1.807) is 52.9 Å². The number of alkyl halides is 3. The monoisotopic (exact) mass is 950 g/mol. The lowest BCUT2D eigenvalue weighted by Gasteiger charge is -2.42. The van der Waals surface area contributed by atoms with Crippen molar-refractivity contribution >= 4 is 84.5 Å². The zero-order chi connectivity index (χ0) is 47.1. The molecule has 0 unspecified atom stereocenters. The lowest BCUT2D eigenvalue weighted by atomic mass is 9.73. The van der Waals surface area contributed by atoms with Crippen LogP contribution in [0, 0.1) is 24.2 Å². The third kappa shape index (κ3) is 21.2. The summed E-state index contributed by atoms with van der Waals surface area (Å²) in [5.41, 5.74) is 0.0649. The number of aryl methyl sites for hydroxylation is 1. The molecular formula is C45H73Cl3N2O9SSi. The molecule has 1 rings (SSSR count). The number of Topliss-reactive ketones (excluding diaryl/α,β-unsaturated/α-hetero) is 1. The van der Waals surface area contributed by atoms with Gasteiger partial charge in [-0.15, -0.1) is 11.3 Å². The SMILES string of the molecule is CC[Si](CC)(CC)O[C@@H](CC(=O)OC(C)(C)C)C(C)(C)C(=O)[C@H](C)[C@@H](OC(=O)OCC(Cl)(Cl)Cl)[C@@H](C)C/C=C/C(C)=C\C[C@H](NC(=O)OC(C)(C)C)/C(C)=C/c1csc(C)n1. The molecule has 0 aliphatic carbocycles. The fourth-order valence-electron chi connectivity index (χ4n) is 6.74. The molecule has 0 bridgehead atoms. The second kappa shape index (κ2) is 24.6. The lowest BCUT2D eigenvalue weighted by Crippen LogP contribution is -2.52. The summed E-state index contributed by atoms with van der Waals surface area (Å²) in [4.78, 5) is 58.5. The molecule has 0 saturated heterocycles. The number of esters is 1. The van der Waals surface area contributed by atoms with E-state index in [2.05, 4.69) is 31.1 Å².